The lowest BCUT2D eigenvalue weighted by Crippen LogP contribution is -2.40. The van der Waals surface area contributed by atoms with Crippen LogP contribution in [0.25, 0.3) is 0 Å². The molecule has 4 rings (SSSR count). The molecule has 8 heteroatoms. The number of carbonyl (C=O) groups is 1. The fourth-order valence-corrected chi connectivity index (χ4v) is 5.72. The highest BCUT2D eigenvalue weighted by Gasteiger charge is 2.33. The van der Waals surface area contributed by atoms with Crippen LogP contribution < -0.4 is 9.47 Å². The first-order valence-corrected chi connectivity index (χ1v) is 12.5. The van der Waals surface area contributed by atoms with Crippen LogP contribution in [0, 0.1) is 5.92 Å². The summed E-state index contributed by atoms with van der Waals surface area (Å²) in [5.74, 6) is 0.893. The van der Waals surface area contributed by atoms with E-state index in [0.717, 1.165) is 23.3 Å². The van der Waals surface area contributed by atoms with Crippen LogP contribution in [-0.4, -0.2) is 44.5 Å². The Balaban J connectivity index is 1.36. The summed E-state index contributed by atoms with van der Waals surface area (Å²) in [5.41, 5.74) is 1.88. The lowest BCUT2D eigenvalue weighted by atomic mass is 9.98. The smallest absolute Gasteiger partial charge is 0.309 e. The number of fused-ring (bicyclic) bond motifs is 1. The van der Waals surface area contributed by atoms with Crippen molar-refractivity contribution in [3.63, 3.8) is 0 Å². The molecule has 0 aliphatic carbocycles. The van der Waals surface area contributed by atoms with Crippen LogP contribution in [0.15, 0.2) is 47.4 Å². The summed E-state index contributed by atoms with van der Waals surface area (Å²) in [5, 5.41) is 0. The number of rotatable bonds is 7. The average molecular weight is 460 g/mol. The van der Waals surface area contributed by atoms with E-state index in [0.29, 0.717) is 38.3 Å². The monoisotopic (exact) mass is 459 g/mol. The Kier molecular flexibility index (Phi) is 6.71. The number of piperidine rings is 1. The van der Waals surface area contributed by atoms with Crippen LogP contribution in [0.4, 0.5) is 0 Å². The van der Waals surface area contributed by atoms with Crippen molar-refractivity contribution in [1.29, 1.82) is 0 Å². The molecular weight excluding hydrogens is 430 g/mol. The molecule has 0 amide bonds. The van der Waals surface area contributed by atoms with Crippen LogP contribution in [0.1, 0.15) is 37.8 Å². The van der Waals surface area contributed by atoms with E-state index in [9.17, 15) is 13.2 Å². The van der Waals surface area contributed by atoms with Crippen molar-refractivity contribution in [2.24, 2.45) is 5.92 Å². The minimum Gasteiger partial charge on any atom is -0.493 e. The average Bonchev–Trinajstić information content (AvgIpc) is 3.17. The van der Waals surface area contributed by atoms with Crippen molar-refractivity contribution in [2.45, 2.75) is 50.7 Å². The zero-order valence-corrected chi connectivity index (χ0v) is 19.3. The molecule has 2 aliphatic rings. The molecule has 1 atom stereocenters. The minimum atomic E-state index is -3.54. The third-order valence-corrected chi connectivity index (χ3v) is 7.83. The van der Waals surface area contributed by atoms with Gasteiger partial charge in [0.1, 0.15) is 24.2 Å². The zero-order chi connectivity index (χ0) is 22.7. The predicted octanol–water partition coefficient (Wildman–Crippen LogP) is 3.55. The molecule has 2 heterocycles. The van der Waals surface area contributed by atoms with Gasteiger partial charge in [0.05, 0.1) is 17.4 Å². The number of benzene rings is 2. The fourth-order valence-electron chi connectivity index (χ4n) is 4.22. The number of ether oxygens (including phenoxy) is 3. The third kappa shape index (κ3) is 4.76. The van der Waals surface area contributed by atoms with E-state index in [-0.39, 0.29) is 29.5 Å². The molecule has 32 heavy (non-hydrogen) atoms. The Labute approximate surface area is 189 Å². The second-order valence-corrected chi connectivity index (χ2v) is 10.2. The largest absolute Gasteiger partial charge is 0.493 e. The molecule has 2 aromatic carbocycles. The first-order chi connectivity index (χ1) is 15.4. The van der Waals surface area contributed by atoms with Crippen LogP contribution in [0.5, 0.6) is 11.5 Å². The van der Waals surface area contributed by atoms with Gasteiger partial charge in [-0.1, -0.05) is 18.2 Å². The van der Waals surface area contributed by atoms with Gasteiger partial charge in [-0.15, -0.1) is 0 Å². The molecule has 2 aromatic rings. The van der Waals surface area contributed by atoms with Gasteiger partial charge < -0.3 is 14.2 Å². The van der Waals surface area contributed by atoms with Gasteiger partial charge in [-0.05, 0) is 51.0 Å². The highest BCUT2D eigenvalue weighted by atomic mass is 32.2. The zero-order valence-electron chi connectivity index (χ0n) is 18.5. The maximum absolute atomic E-state index is 12.8. The molecule has 0 radical (unpaired) electrons. The van der Waals surface area contributed by atoms with Gasteiger partial charge in [0, 0.05) is 30.6 Å². The van der Waals surface area contributed by atoms with Crippen LogP contribution in [0.3, 0.4) is 0 Å². The summed E-state index contributed by atoms with van der Waals surface area (Å²) in [4.78, 5) is 13.0. The quantitative estimate of drug-likeness (QED) is 0.589. The summed E-state index contributed by atoms with van der Waals surface area (Å²) in [6, 6.07) is 12.2. The second-order valence-electron chi connectivity index (χ2n) is 8.23. The number of carbonyl (C=O) groups excluding carboxylic acids is 1. The molecule has 1 fully saturated rings. The maximum atomic E-state index is 12.8. The summed E-state index contributed by atoms with van der Waals surface area (Å²) in [7, 11) is -3.54. The van der Waals surface area contributed by atoms with E-state index in [4.69, 9.17) is 14.2 Å². The molecule has 0 bridgehead atoms. The molecule has 1 unspecified atom stereocenters. The molecule has 7 nitrogen and oxygen atoms in total. The predicted molar refractivity (Wildman–Crippen MR) is 119 cm³/mol. The maximum Gasteiger partial charge on any atom is 0.309 e. The van der Waals surface area contributed by atoms with Crippen molar-refractivity contribution >= 4 is 16.0 Å². The molecular formula is C24H29NO6S. The Morgan fingerprint density at radius 2 is 1.88 bits per heavy atom. The SMILES string of the molecule is CCOc1cc2c(cc1COC(=O)C1CCN(S(=O)(=O)c3ccccc3)CC1)OC(C)C2. The topological polar surface area (TPSA) is 82.1 Å². The van der Waals surface area contributed by atoms with E-state index in [1.165, 1.54) is 4.31 Å². The van der Waals surface area contributed by atoms with Gasteiger partial charge in [-0.2, -0.15) is 4.31 Å². The van der Waals surface area contributed by atoms with E-state index < -0.39 is 10.0 Å². The Morgan fingerprint density at radius 1 is 1.16 bits per heavy atom. The van der Waals surface area contributed by atoms with Gasteiger partial charge in [0.25, 0.3) is 0 Å². The highest BCUT2D eigenvalue weighted by Crippen LogP contribution is 2.35. The van der Waals surface area contributed by atoms with Crippen molar-refractivity contribution in [3.8, 4) is 11.5 Å². The number of hydrogen-bond donors (Lipinski definition) is 0. The van der Waals surface area contributed by atoms with E-state index in [1.54, 1.807) is 30.3 Å². The normalized spacial score (nSPS) is 19.2. The first-order valence-electron chi connectivity index (χ1n) is 11.1. The van der Waals surface area contributed by atoms with Gasteiger partial charge >= 0.3 is 5.97 Å². The highest BCUT2D eigenvalue weighted by molar-refractivity contribution is 7.89. The lowest BCUT2D eigenvalue weighted by molar-refractivity contribution is -0.151. The van der Waals surface area contributed by atoms with Crippen molar-refractivity contribution < 1.29 is 27.4 Å². The Bertz CT molecular complexity index is 1060. The molecule has 0 spiro atoms. The van der Waals surface area contributed by atoms with Crippen LogP contribution in [-0.2, 0) is 32.6 Å². The summed E-state index contributed by atoms with van der Waals surface area (Å²) in [6.07, 6.45) is 1.83. The Morgan fingerprint density at radius 3 is 2.56 bits per heavy atom. The van der Waals surface area contributed by atoms with E-state index in [2.05, 4.69) is 0 Å². The van der Waals surface area contributed by atoms with Crippen LogP contribution >= 0.6 is 0 Å². The van der Waals surface area contributed by atoms with Gasteiger partial charge in [0.2, 0.25) is 10.0 Å². The number of hydrogen-bond acceptors (Lipinski definition) is 6. The summed E-state index contributed by atoms with van der Waals surface area (Å²) >= 11 is 0. The van der Waals surface area contributed by atoms with Crippen molar-refractivity contribution in [1.82, 2.24) is 4.31 Å². The standard InChI is InChI=1S/C24H29NO6S/c1-3-29-22-14-19-13-17(2)31-23(19)15-20(22)16-30-24(26)18-9-11-25(12-10-18)32(27,28)21-7-5-4-6-8-21/h4-8,14-15,17-18H,3,9-13,16H2,1-2H3. The molecule has 0 aromatic heterocycles. The molecule has 0 N–H and O–H groups in total. The Hall–Kier alpha value is -2.58. The summed E-state index contributed by atoms with van der Waals surface area (Å²) in [6.45, 7) is 5.15. The van der Waals surface area contributed by atoms with Gasteiger partial charge in [0.15, 0.2) is 0 Å². The number of nitrogens with zero attached hydrogens (tertiary/aromatic N) is 1. The fraction of sp³-hybridized carbons (Fsp3) is 0.458. The van der Waals surface area contributed by atoms with E-state index in [1.807, 2.05) is 26.0 Å². The second kappa shape index (κ2) is 9.50. The van der Waals surface area contributed by atoms with Crippen molar-refractivity contribution in [3.05, 3.63) is 53.6 Å². The first kappa shape index (κ1) is 22.6. The third-order valence-electron chi connectivity index (χ3n) is 5.92. The number of sulfonamides is 1. The lowest BCUT2D eigenvalue weighted by Gasteiger charge is -2.30. The molecule has 1 saturated heterocycles. The number of esters is 1. The van der Waals surface area contributed by atoms with Crippen LogP contribution in [0.2, 0.25) is 0 Å². The van der Waals surface area contributed by atoms with Gasteiger partial charge in [-0.3, -0.25) is 4.79 Å². The van der Waals surface area contributed by atoms with Crippen molar-refractivity contribution in [2.75, 3.05) is 19.7 Å². The molecule has 172 valence electrons. The molecule has 0 saturated carbocycles. The minimum absolute atomic E-state index is 0.0989. The molecule has 2 aliphatic heterocycles. The van der Waals surface area contributed by atoms with E-state index >= 15 is 0 Å². The van der Waals surface area contributed by atoms with Gasteiger partial charge in [-0.25, -0.2) is 8.42 Å². The summed E-state index contributed by atoms with van der Waals surface area (Å²) < 4.78 is 44.2.